The average molecular weight is 286 g/mol. The zero-order chi connectivity index (χ0) is 15.5. The van der Waals surface area contributed by atoms with Gasteiger partial charge in [0.1, 0.15) is 11.2 Å². The molecule has 0 aliphatic heterocycles. The van der Waals surface area contributed by atoms with Gasteiger partial charge in [-0.2, -0.15) is 5.26 Å². The number of nitrogens with zero attached hydrogens (tertiary/aromatic N) is 1. The van der Waals surface area contributed by atoms with E-state index in [2.05, 4.69) is 11.4 Å². The predicted octanol–water partition coefficient (Wildman–Crippen LogP) is 3.26. The van der Waals surface area contributed by atoms with Crippen LogP contribution in [-0.4, -0.2) is 13.0 Å². The minimum absolute atomic E-state index is 0.154. The highest BCUT2D eigenvalue weighted by molar-refractivity contribution is 5.86. The zero-order valence-electron chi connectivity index (χ0n) is 12.9. The third-order valence-electron chi connectivity index (χ3n) is 4.31. The first-order chi connectivity index (χ1) is 10.0. The van der Waals surface area contributed by atoms with Crippen LogP contribution in [0.25, 0.3) is 0 Å². The largest absolute Gasteiger partial charge is 0.496 e. The molecule has 0 aromatic heterocycles. The Morgan fingerprint density at radius 3 is 2.67 bits per heavy atom. The highest BCUT2D eigenvalue weighted by Crippen LogP contribution is 2.38. The first kappa shape index (κ1) is 15.4. The fourth-order valence-electron chi connectivity index (χ4n) is 2.97. The van der Waals surface area contributed by atoms with Crippen LogP contribution < -0.4 is 10.1 Å². The average Bonchev–Trinajstić information content (AvgIpc) is 2.97. The van der Waals surface area contributed by atoms with Crippen LogP contribution in [0.5, 0.6) is 5.75 Å². The molecule has 1 aromatic rings. The molecule has 4 nitrogen and oxygen atoms in total. The Bertz CT molecular complexity index is 569. The van der Waals surface area contributed by atoms with Gasteiger partial charge < -0.3 is 10.1 Å². The summed E-state index contributed by atoms with van der Waals surface area (Å²) in [5.74, 6) is 0.601. The molecule has 0 bridgehead atoms. The quantitative estimate of drug-likeness (QED) is 0.924. The van der Waals surface area contributed by atoms with E-state index >= 15 is 0 Å². The lowest BCUT2D eigenvalue weighted by Gasteiger charge is -2.24. The second kappa shape index (κ2) is 6.17. The number of rotatable bonds is 4. The lowest BCUT2D eigenvalue weighted by Crippen LogP contribution is -2.39. The molecule has 1 N–H and O–H groups in total. The fraction of sp³-hybridized carbons (Fsp3) is 0.529. The molecule has 1 atom stereocenters. The number of ether oxygens (including phenoxy) is 1. The summed E-state index contributed by atoms with van der Waals surface area (Å²) in [6, 6.07) is 7.94. The number of amides is 1. The molecule has 1 unspecified atom stereocenters. The van der Waals surface area contributed by atoms with E-state index in [1.807, 2.05) is 32.0 Å². The van der Waals surface area contributed by atoms with Gasteiger partial charge in [-0.25, -0.2) is 0 Å². The summed E-state index contributed by atoms with van der Waals surface area (Å²) >= 11 is 0. The van der Waals surface area contributed by atoms with Gasteiger partial charge in [0.25, 0.3) is 0 Å². The molecule has 0 spiro atoms. The van der Waals surface area contributed by atoms with Gasteiger partial charge >= 0.3 is 0 Å². The predicted molar refractivity (Wildman–Crippen MR) is 80.8 cm³/mol. The van der Waals surface area contributed by atoms with E-state index in [0.717, 1.165) is 29.7 Å². The second-order valence-electron chi connectivity index (χ2n) is 5.84. The van der Waals surface area contributed by atoms with Crippen LogP contribution >= 0.6 is 0 Å². The molecule has 0 radical (unpaired) electrons. The SMILES string of the molecule is COc1ccc(C)cc1C(C)NC(=O)C1(C#N)CCCC1. The number of carbonyl (C=O) groups excluding carboxylic acids is 1. The number of hydrogen-bond donors (Lipinski definition) is 1. The topological polar surface area (TPSA) is 62.1 Å². The van der Waals surface area contributed by atoms with Crippen LogP contribution in [0.2, 0.25) is 0 Å². The van der Waals surface area contributed by atoms with Gasteiger partial charge in [0.2, 0.25) is 5.91 Å². The lowest BCUT2D eigenvalue weighted by molar-refractivity contribution is -0.128. The molecule has 1 aromatic carbocycles. The van der Waals surface area contributed by atoms with Gasteiger partial charge in [-0.15, -0.1) is 0 Å². The normalized spacial score (nSPS) is 17.8. The van der Waals surface area contributed by atoms with E-state index in [0.29, 0.717) is 12.8 Å². The van der Waals surface area contributed by atoms with Crippen molar-refractivity contribution < 1.29 is 9.53 Å². The summed E-state index contributed by atoms with van der Waals surface area (Å²) in [6.07, 6.45) is 3.21. The first-order valence-corrected chi connectivity index (χ1v) is 7.39. The van der Waals surface area contributed by atoms with Crippen molar-refractivity contribution in [3.8, 4) is 11.8 Å². The lowest BCUT2D eigenvalue weighted by atomic mass is 9.86. The smallest absolute Gasteiger partial charge is 0.240 e. The van der Waals surface area contributed by atoms with Crippen LogP contribution in [-0.2, 0) is 4.79 Å². The monoisotopic (exact) mass is 286 g/mol. The van der Waals surface area contributed by atoms with Gasteiger partial charge in [0.05, 0.1) is 19.2 Å². The van der Waals surface area contributed by atoms with Gasteiger partial charge in [-0.1, -0.05) is 30.5 Å². The second-order valence-corrected chi connectivity index (χ2v) is 5.84. The molecule has 2 rings (SSSR count). The molecular formula is C17H22N2O2. The molecule has 21 heavy (non-hydrogen) atoms. The van der Waals surface area contributed by atoms with Crippen molar-refractivity contribution in [1.29, 1.82) is 5.26 Å². The molecule has 1 aliphatic carbocycles. The number of benzene rings is 1. The summed E-state index contributed by atoms with van der Waals surface area (Å²) in [7, 11) is 1.62. The summed E-state index contributed by atoms with van der Waals surface area (Å²) < 4.78 is 5.36. The summed E-state index contributed by atoms with van der Waals surface area (Å²) in [5.41, 5.74) is 1.21. The van der Waals surface area contributed by atoms with Crippen LogP contribution in [0.3, 0.4) is 0 Å². The van der Waals surface area contributed by atoms with E-state index < -0.39 is 5.41 Å². The number of aryl methyl sites for hydroxylation is 1. The van der Waals surface area contributed by atoms with E-state index in [9.17, 15) is 10.1 Å². The van der Waals surface area contributed by atoms with Gasteiger partial charge in [-0.3, -0.25) is 4.79 Å². The Kier molecular flexibility index (Phi) is 4.52. The van der Waals surface area contributed by atoms with Crippen LogP contribution in [0.1, 0.15) is 49.8 Å². The minimum atomic E-state index is -0.842. The van der Waals surface area contributed by atoms with Gasteiger partial charge in [0.15, 0.2) is 0 Å². The molecular weight excluding hydrogens is 264 g/mol. The van der Waals surface area contributed by atoms with Crippen molar-refractivity contribution in [3.05, 3.63) is 29.3 Å². The molecule has 0 heterocycles. The van der Waals surface area contributed by atoms with E-state index in [1.165, 1.54) is 0 Å². The first-order valence-electron chi connectivity index (χ1n) is 7.39. The Balaban J connectivity index is 2.18. The number of hydrogen-bond acceptors (Lipinski definition) is 3. The fourth-order valence-corrected chi connectivity index (χ4v) is 2.97. The Morgan fingerprint density at radius 2 is 2.10 bits per heavy atom. The Morgan fingerprint density at radius 1 is 1.43 bits per heavy atom. The number of methoxy groups -OCH3 is 1. The van der Waals surface area contributed by atoms with Crippen molar-refractivity contribution in [2.45, 2.75) is 45.6 Å². The molecule has 0 saturated heterocycles. The van der Waals surface area contributed by atoms with Crippen molar-refractivity contribution >= 4 is 5.91 Å². The molecule has 1 amide bonds. The maximum atomic E-state index is 12.5. The number of nitrogens with one attached hydrogen (secondary N) is 1. The molecule has 4 heteroatoms. The van der Waals surface area contributed by atoms with Crippen molar-refractivity contribution in [2.75, 3.05) is 7.11 Å². The van der Waals surface area contributed by atoms with Crippen molar-refractivity contribution in [3.63, 3.8) is 0 Å². The Hall–Kier alpha value is -2.02. The number of carbonyl (C=O) groups is 1. The standard InChI is InChI=1S/C17H22N2O2/c1-12-6-7-15(21-3)14(10-12)13(2)19-16(20)17(11-18)8-4-5-9-17/h6-7,10,13H,4-5,8-9H2,1-3H3,(H,19,20). The van der Waals surface area contributed by atoms with Crippen LogP contribution in [0.15, 0.2) is 18.2 Å². The van der Waals surface area contributed by atoms with Gasteiger partial charge in [0, 0.05) is 5.56 Å². The van der Waals surface area contributed by atoms with E-state index in [1.54, 1.807) is 7.11 Å². The van der Waals surface area contributed by atoms with E-state index in [4.69, 9.17) is 4.74 Å². The van der Waals surface area contributed by atoms with Crippen molar-refractivity contribution in [1.82, 2.24) is 5.32 Å². The molecule has 1 aliphatic rings. The molecule has 112 valence electrons. The summed E-state index contributed by atoms with van der Waals surface area (Å²) in [6.45, 7) is 3.93. The highest BCUT2D eigenvalue weighted by Gasteiger charge is 2.42. The van der Waals surface area contributed by atoms with Crippen LogP contribution in [0.4, 0.5) is 0 Å². The third-order valence-corrected chi connectivity index (χ3v) is 4.31. The third kappa shape index (κ3) is 3.02. The maximum absolute atomic E-state index is 12.5. The molecule has 1 fully saturated rings. The van der Waals surface area contributed by atoms with Gasteiger partial charge in [-0.05, 0) is 32.8 Å². The highest BCUT2D eigenvalue weighted by atomic mass is 16.5. The molecule has 1 saturated carbocycles. The van der Waals surface area contributed by atoms with Crippen molar-refractivity contribution in [2.24, 2.45) is 5.41 Å². The zero-order valence-corrected chi connectivity index (χ0v) is 12.9. The maximum Gasteiger partial charge on any atom is 0.240 e. The van der Waals surface area contributed by atoms with E-state index in [-0.39, 0.29) is 11.9 Å². The minimum Gasteiger partial charge on any atom is -0.496 e. The van der Waals surface area contributed by atoms with Crippen LogP contribution in [0, 0.1) is 23.7 Å². The number of nitriles is 1. The summed E-state index contributed by atoms with van der Waals surface area (Å²) in [5, 5.41) is 12.4. The summed E-state index contributed by atoms with van der Waals surface area (Å²) in [4.78, 5) is 12.5. The Labute approximate surface area is 126 Å².